The molecule has 1 unspecified atom stereocenters. The zero-order valence-corrected chi connectivity index (χ0v) is 31.1. The lowest BCUT2D eigenvalue weighted by Gasteiger charge is -2.70. The summed E-state index contributed by atoms with van der Waals surface area (Å²) in [6, 6.07) is -0.818. The molecule has 46 heavy (non-hydrogen) atoms. The predicted octanol–water partition coefficient (Wildman–Crippen LogP) is 7.16. The normalized spacial score (nSPS) is 40.8. The average Bonchev–Trinajstić information content (AvgIpc) is 3.26. The highest BCUT2D eigenvalue weighted by atomic mass is 16.6. The molecule has 0 aromatic rings. The van der Waals surface area contributed by atoms with Gasteiger partial charge in [-0.3, -0.25) is 0 Å². The Morgan fingerprint density at radius 3 is 2.07 bits per heavy atom. The van der Waals surface area contributed by atoms with Crippen molar-refractivity contribution in [3.63, 3.8) is 0 Å². The van der Waals surface area contributed by atoms with Crippen LogP contribution in [0.15, 0.2) is 0 Å². The number of alkyl carbamates (subject to hydrolysis) is 1. The van der Waals surface area contributed by atoms with E-state index >= 15 is 0 Å². The average molecular weight is 650 g/mol. The van der Waals surface area contributed by atoms with Gasteiger partial charge in [0, 0.05) is 5.41 Å². The molecule has 4 rings (SSSR count). The molecule has 4 saturated carbocycles. The van der Waals surface area contributed by atoms with Crippen LogP contribution in [0.1, 0.15) is 147 Å². The van der Waals surface area contributed by atoms with E-state index in [9.17, 15) is 24.9 Å². The number of fused-ring (bicyclic) bond motifs is 5. The van der Waals surface area contributed by atoms with Crippen molar-refractivity contribution >= 4 is 12.1 Å². The first-order chi connectivity index (χ1) is 20.8. The van der Waals surface area contributed by atoms with Gasteiger partial charge in [0.05, 0.1) is 17.3 Å². The molecule has 4 aliphatic rings. The summed E-state index contributed by atoms with van der Waals surface area (Å²) in [6.07, 6.45) is 7.02. The lowest BCUT2D eigenvalue weighted by molar-refractivity contribution is -0.249. The highest BCUT2D eigenvalue weighted by molar-refractivity contribution is 5.81. The molecular weight excluding hydrogens is 582 g/mol. The van der Waals surface area contributed by atoms with Gasteiger partial charge in [-0.2, -0.15) is 0 Å². The highest BCUT2D eigenvalue weighted by Crippen LogP contribution is 2.76. The summed E-state index contributed by atoms with van der Waals surface area (Å²) in [5, 5.41) is 36.8. The number of amides is 1. The minimum atomic E-state index is -0.891. The van der Waals surface area contributed by atoms with Gasteiger partial charge in [-0.05, 0) is 153 Å². The maximum atomic E-state index is 13.2. The maximum absolute atomic E-state index is 13.2. The number of carbonyl (C=O) groups is 2. The highest BCUT2D eigenvalue weighted by Gasteiger charge is 2.71. The van der Waals surface area contributed by atoms with Gasteiger partial charge in [-0.15, -0.1) is 0 Å². The van der Waals surface area contributed by atoms with Crippen molar-refractivity contribution in [2.45, 2.75) is 182 Å². The first-order valence-electron chi connectivity index (χ1n) is 18.1. The van der Waals surface area contributed by atoms with Crippen LogP contribution in [0, 0.1) is 45.3 Å². The Morgan fingerprint density at radius 2 is 1.48 bits per heavy atom. The minimum Gasteiger partial charge on any atom is -0.460 e. The number of hydrogen-bond acceptors (Lipinski definition) is 7. The summed E-state index contributed by atoms with van der Waals surface area (Å²) in [5.41, 5.74) is -2.67. The van der Waals surface area contributed by atoms with Gasteiger partial charge in [0.25, 0.3) is 0 Å². The molecule has 4 N–H and O–H groups in total. The standard InChI is InChI=1S/C38H67NO7/c1-23(39-31(42)46-32(2,3)4)30(41)45-28-16-19-35(9)26(34(28,7)8)15-21-36(10)27(35)22-25(40)29-24(14-20-37(29,36)11)38(12,44)18-13-17-33(5,6)43/h23-29,40,43-44H,13-22H2,1-12H3,(H,39,42)/t23-,24?,25+,26+,27+,28-,29-,35-,36+,37+,38+/m0/s1. The van der Waals surface area contributed by atoms with Crippen LogP contribution in [0.2, 0.25) is 0 Å². The van der Waals surface area contributed by atoms with Gasteiger partial charge in [-0.1, -0.05) is 34.6 Å². The Bertz CT molecular complexity index is 1140. The van der Waals surface area contributed by atoms with Gasteiger partial charge in [-0.25, -0.2) is 9.59 Å². The van der Waals surface area contributed by atoms with Crippen LogP contribution in [0.4, 0.5) is 4.79 Å². The van der Waals surface area contributed by atoms with Crippen LogP contribution < -0.4 is 5.32 Å². The molecule has 4 aliphatic carbocycles. The predicted molar refractivity (Wildman–Crippen MR) is 180 cm³/mol. The number of nitrogens with one attached hydrogen (secondary N) is 1. The third-order valence-corrected chi connectivity index (χ3v) is 13.9. The van der Waals surface area contributed by atoms with Gasteiger partial charge < -0.3 is 30.1 Å². The second-order valence-electron chi connectivity index (χ2n) is 19.1. The zero-order valence-electron chi connectivity index (χ0n) is 31.1. The van der Waals surface area contributed by atoms with E-state index in [2.05, 4.69) is 39.9 Å². The van der Waals surface area contributed by atoms with Crippen molar-refractivity contribution in [2.24, 2.45) is 45.3 Å². The largest absolute Gasteiger partial charge is 0.460 e. The molecule has 0 spiro atoms. The number of aliphatic hydroxyl groups is 3. The Hall–Kier alpha value is -1.38. The molecule has 8 nitrogen and oxygen atoms in total. The van der Waals surface area contributed by atoms with E-state index in [0.29, 0.717) is 24.7 Å². The van der Waals surface area contributed by atoms with Crippen LogP contribution in [0.5, 0.6) is 0 Å². The van der Waals surface area contributed by atoms with Gasteiger partial charge in [0.1, 0.15) is 17.7 Å². The third-order valence-electron chi connectivity index (χ3n) is 13.9. The molecule has 11 atom stereocenters. The monoisotopic (exact) mass is 649 g/mol. The fourth-order valence-electron chi connectivity index (χ4n) is 11.5. The van der Waals surface area contributed by atoms with E-state index in [1.807, 2.05) is 20.8 Å². The fraction of sp³-hybridized carbons (Fsp3) is 0.947. The first kappa shape index (κ1) is 37.4. The molecular formula is C38H67NO7. The van der Waals surface area contributed by atoms with Crippen LogP contribution in [-0.2, 0) is 14.3 Å². The van der Waals surface area contributed by atoms with Gasteiger partial charge in [0.15, 0.2) is 0 Å². The van der Waals surface area contributed by atoms with E-state index in [-0.39, 0.29) is 39.6 Å². The number of aliphatic hydroxyl groups excluding tert-OH is 1. The molecule has 0 saturated heterocycles. The molecule has 1 amide bonds. The summed E-state index contributed by atoms with van der Waals surface area (Å²) in [7, 11) is 0. The summed E-state index contributed by atoms with van der Waals surface area (Å²) in [4.78, 5) is 25.5. The van der Waals surface area contributed by atoms with Crippen LogP contribution >= 0.6 is 0 Å². The topological polar surface area (TPSA) is 125 Å². The number of carbonyl (C=O) groups excluding carboxylic acids is 2. The van der Waals surface area contributed by atoms with Gasteiger partial charge >= 0.3 is 12.1 Å². The quantitative estimate of drug-likeness (QED) is 0.206. The lowest BCUT2D eigenvalue weighted by atomic mass is 9.35. The van der Waals surface area contributed by atoms with E-state index in [1.54, 1.807) is 27.7 Å². The van der Waals surface area contributed by atoms with Crippen molar-refractivity contribution in [2.75, 3.05) is 0 Å². The maximum Gasteiger partial charge on any atom is 0.408 e. The van der Waals surface area contributed by atoms with E-state index in [0.717, 1.165) is 51.4 Å². The van der Waals surface area contributed by atoms with Gasteiger partial charge in [0.2, 0.25) is 0 Å². The number of hydrogen-bond donors (Lipinski definition) is 4. The molecule has 4 fully saturated rings. The summed E-state index contributed by atoms with van der Waals surface area (Å²) in [6.45, 7) is 24.4. The molecule has 0 bridgehead atoms. The molecule has 0 radical (unpaired) electrons. The van der Waals surface area contributed by atoms with Crippen molar-refractivity contribution in [1.29, 1.82) is 0 Å². The molecule has 8 heteroatoms. The van der Waals surface area contributed by atoms with Crippen LogP contribution in [0.3, 0.4) is 0 Å². The summed E-state index contributed by atoms with van der Waals surface area (Å²) in [5.74, 6) is 0.254. The third kappa shape index (κ3) is 6.75. The van der Waals surface area contributed by atoms with Crippen molar-refractivity contribution in [3.8, 4) is 0 Å². The minimum absolute atomic E-state index is 0.0194. The second-order valence-corrected chi connectivity index (χ2v) is 19.1. The Morgan fingerprint density at radius 1 is 0.870 bits per heavy atom. The van der Waals surface area contributed by atoms with Crippen LogP contribution in [0.25, 0.3) is 0 Å². The smallest absolute Gasteiger partial charge is 0.408 e. The Labute approximate surface area is 279 Å². The summed E-state index contributed by atoms with van der Waals surface area (Å²) < 4.78 is 11.5. The van der Waals surface area contributed by atoms with E-state index in [4.69, 9.17) is 9.47 Å². The van der Waals surface area contributed by atoms with E-state index in [1.165, 1.54) is 0 Å². The molecule has 0 aliphatic heterocycles. The van der Waals surface area contributed by atoms with E-state index < -0.39 is 41.0 Å². The fourth-order valence-corrected chi connectivity index (χ4v) is 11.5. The van der Waals surface area contributed by atoms with Crippen LogP contribution in [-0.4, -0.2) is 62.4 Å². The number of ether oxygens (including phenoxy) is 2. The molecule has 0 aromatic heterocycles. The Balaban J connectivity index is 1.51. The summed E-state index contributed by atoms with van der Waals surface area (Å²) >= 11 is 0. The molecule has 0 aromatic carbocycles. The molecule has 0 heterocycles. The SMILES string of the molecule is C[C@H](NC(=O)OC(C)(C)C)C(=O)O[C@H]1CC[C@@]2(C)[C@H](CC[C@]3(C)[C@@H]2C[C@@H](O)[C@@H]2C([C@](C)(O)CCCC(C)(C)O)CC[C@]23C)C1(C)C. The Kier molecular flexibility index (Phi) is 9.92. The number of rotatable bonds is 8. The van der Waals surface area contributed by atoms with Crippen molar-refractivity contribution in [1.82, 2.24) is 5.32 Å². The number of esters is 1. The first-order valence-corrected chi connectivity index (χ1v) is 18.1. The van der Waals surface area contributed by atoms with Crippen molar-refractivity contribution < 1.29 is 34.4 Å². The van der Waals surface area contributed by atoms with Crippen molar-refractivity contribution in [3.05, 3.63) is 0 Å². The zero-order chi connectivity index (χ0) is 34.9. The lowest BCUT2D eigenvalue weighted by Crippen LogP contribution is -2.66. The molecule has 266 valence electrons. The second kappa shape index (κ2) is 12.2.